The van der Waals surface area contributed by atoms with Gasteiger partial charge in [-0.3, -0.25) is 0 Å². The second-order valence-electron chi connectivity index (χ2n) is 5.17. The average Bonchev–Trinajstić information content (AvgIpc) is 2.38. The largest absolute Gasteiger partial charge is 0.458 e. The van der Waals surface area contributed by atoms with Gasteiger partial charge < -0.3 is 23.7 Å². The molecule has 0 heterocycles. The molecule has 0 rings (SSSR count). The van der Waals surface area contributed by atoms with Gasteiger partial charge in [-0.05, 0) is 20.8 Å². The third-order valence-electron chi connectivity index (χ3n) is 1.98. The van der Waals surface area contributed by atoms with Crippen molar-refractivity contribution in [2.24, 2.45) is 0 Å². The zero-order valence-electron chi connectivity index (χ0n) is 13.2. The quantitative estimate of drug-likeness (QED) is 0.291. The van der Waals surface area contributed by atoms with E-state index in [1.54, 1.807) is 0 Å². The lowest BCUT2D eigenvalue weighted by Crippen LogP contribution is -2.27. The molecular formula is C14H27ClO6. The normalized spacial score (nSPS) is 11.6. The molecule has 0 fully saturated rings. The minimum atomic E-state index is -0.484. The summed E-state index contributed by atoms with van der Waals surface area (Å²) in [5.74, 6) is 0.120. The summed E-state index contributed by atoms with van der Waals surface area (Å²) < 4.78 is 25.9. The lowest BCUT2D eigenvalue weighted by molar-refractivity contribution is -0.160. The van der Waals surface area contributed by atoms with Crippen molar-refractivity contribution in [2.75, 3.05) is 58.7 Å². The zero-order chi connectivity index (χ0) is 16.0. The predicted molar refractivity (Wildman–Crippen MR) is 79.8 cm³/mol. The summed E-state index contributed by atoms with van der Waals surface area (Å²) in [4.78, 5) is 11.3. The molecule has 7 heteroatoms. The van der Waals surface area contributed by atoms with Crippen LogP contribution in [-0.4, -0.2) is 70.3 Å². The van der Waals surface area contributed by atoms with E-state index >= 15 is 0 Å². The summed E-state index contributed by atoms with van der Waals surface area (Å²) in [5, 5.41) is 0. The van der Waals surface area contributed by atoms with Gasteiger partial charge in [0, 0.05) is 5.88 Å². The van der Waals surface area contributed by atoms with Gasteiger partial charge in [-0.25, -0.2) is 4.79 Å². The van der Waals surface area contributed by atoms with Crippen LogP contribution in [0.5, 0.6) is 0 Å². The fourth-order valence-corrected chi connectivity index (χ4v) is 1.35. The van der Waals surface area contributed by atoms with E-state index in [0.29, 0.717) is 52.1 Å². The highest BCUT2D eigenvalue weighted by Crippen LogP contribution is 2.06. The van der Waals surface area contributed by atoms with Crippen LogP contribution in [0.4, 0.5) is 0 Å². The van der Waals surface area contributed by atoms with Crippen LogP contribution in [0.25, 0.3) is 0 Å². The van der Waals surface area contributed by atoms with Gasteiger partial charge in [0.15, 0.2) is 0 Å². The Morgan fingerprint density at radius 1 is 0.810 bits per heavy atom. The van der Waals surface area contributed by atoms with Crippen LogP contribution in [0, 0.1) is 0 Å². The Balaban J connectivity index is 3.17. The lowest BCUT2D eigenvalue weighted by Gasteiger charge is -2.19. The van der Waals surface area contributed by atoms with Crippen molar-refractivity contribution >= 4 is 17.6 Å². The number of hydrogen-bond acceptors (Lipinski definition) is 6. The van der Waals surface area contributed by atoms with Crippen molar-refractivity contribution in [2.45, 2.75) is 26.4 Å². The Hall–Kier alpha value is -0.400. The smallest absolute Gasteiger partial charge is 0.332 e. The van der Waals surface area contributed by atoms with Crippen molar-refractivity contribution in [1.29, 1.82) is 0 Å². The Kier molecular flexibility index (Phi) is 13.0. The number of halogens is 1. The molecule has 0 amide bonds. The molecule has 0 saturated heterocycles. The highest BCUT2D eigenvalue weighted by atomic mass is 35.5. The Morgan fingerprint density at radius 3 is 1.67 bits per heavy atom. The second-order valence-corrected chi connectivity index (χ2v) is 5.54. The lowest BCUT2D eigenvalue weighted by atomic mass is 10.2. The van der Waals surface area contributed by atoms with Crippen LogP contribution in [0.3, 0.4) is 0 Å². The van der Waals surface area contributed by atoms with Crippen molar-refractivity contribution in [3.63, 3.8) is 0 Å². The standard InChI is InChI=1S/C14H27ClO6/c1-14(2,3)21-13(16)12-20-11-10-19-9-8-18-7-6-17-5-4-15/h4-12H2,1-3H3. The van der Waals surface area contributed by atoms with Gasteiger partial charge >= 0.3 is 5.97 Å². The molecule has 126 valence electrons. The number of esters is 1. The molecule has 6 nitrogen and oxygen atoms in total. The number of carbonyl (C=O) groups is 1. The molecule has 0 aromatic rings. The maximum Gasteiger partial charge on any atom is 0.332 e. The molecule has 0 bridgehead atoms. The molecular weight excluding hydrogens is 300 g/mol. The van der Waals surface area contributed by atoms with Crippen LogP contribution in [0.2, 0.25) is 0 Å². The highest BCUT2D eigenvalue weighted by Gasteiger charge is 2.15. The van der Waals surface area contributed by atoms with E-state index in [2.05, 4.69) is 0 Å². The van der Waals surface area contributed by atoms with E-state index in [1.807, 2.05) is 20.8 Å². The molecule has 0 atom stereocenters. The van der Waals surface area contributed by atoms with Crippen LogP contribution < -0.4 is 0 Å². The van der Waals surface area contributed by atoms with Crippen LogP contribution >= 0.6 is 11.6 Å². The number of carbonyl (C=O) groups excluding carboxylic acids is 1. The van der Waals surface area contributed by atoms with Crippen molar-refractivity contribution in [1.82, 2.24) is 0 Å². The van der Waals surface area contributed by atoms with Crippen molar-refractivity contribution in [3.8, 4) is 0 Å². The molecule has 0 aliphatic rings. The summed E-state index contributed by atoms with van der Waals surface area (Å²) >= 11 is 5.45. The first-order valence-electron chi connectivity index (χ1n) is 7.04. The average molecular weight is 327 g/mol. The number of alkyl halides is 1. The Bertz CT molecular complexity index is 254. The van der Waals surface area contributed by atoms with E-state index in [-0.39, 0.29) is 12.6 Å². The highest BCUT2D eigenvalue weighted by molar-refractivity contribution is 6.17. The fourth-order valence-electron chi connectivity index (χ4n) is 1.24. The summed E-state index contributed by atoms with van der Waals surface area (Å²) in [7, 11) is 0. The molecule has 0 saturated carbocycles. The maximum atomic E-state index is 11.3. The van der Waals surface area contributed by atoms with Crippen LogP contribution in [0.15, 0.2) is 0 Å². The third kappa shape index (κ3) is 17.5. The zero-order valence-corrected chi connectivity index (χ0v) is 13.9. The van der Waals surface area contributed by atoms with E-state index < -0.39 is 5.60 Å². The molecule has 0 spiro atoms. The molecule has 0 aromatic heterocycles. The summed E-state index contributed by atoms with van der Waals surface area (Å²) in [5.41, 5.74) is -0.484. The first kappa shape index (κ1) is 20.6. The van der Waals surface area contributed by atoms with Gasteiger partial charge in [0.25, 0.3) is 0 Å². The fraction of sp³-hybridized carbons (Fsp3) is 0.929. The van der Waals surface area contributed by atoms with Crippen molar-refractivity contribution < 1.29 is 28.5 Å². The number of rotatable bonds is 13. The Morgan fingerprint density at radius 2 is 1.24 bits per heavy atom. The van der Waals surface area contributed by atoms with Gasteiger partial charge in [-0.15, -0.1) is 11.6 Å². The molecule has 0 aliphatic carbocycles. The van der Waals surface area contributed by atoms with Crippen LogP contribution in [-0.2, 0) is 28.5 Å². The molecule has 0 aromatic carbocycles. The van der Waals surface area contributed by atoms with Gasteiger partial charge in [0.2, 0.25) is 0 Å². The molecule has 0 radical (unpaired) electrons. The minimum absolute atomic E-state index is 0.0605. The minimum Gasteiger partial charge on any atom is -0.458 e. The van der Waals surface area contributed by atoms with Crippen molar-refractivity contribution in [3.05, 3.63) is 0 Å². The predicted octanol–water partition coefficient (Wildman–Crippen LogP) is 1.63. The van der Waals surface area contributed by atoms with E-state index in [0.717, 1.165) is 0 Å². The van der Waals surface area contributed by atoms with Gasteiger partial charge in [-0.2, -0.15) is 0 Å². The maximum absolute atomic E-state index is 11.3. The van der Waals surface area contributed by atoms with Gasteiger partial charge in [0.1, 0.15) is 12.2 Å². The monoisotopic (exact) mass is 326 g/mol. The first-order chi connectivity index (χ1) is 9.95. The summed E-state index contributed by atoms with van der Waals surface area (Å²) in [6.07, 6.45) is 0. The molecule has 0 unspecified atom stereocenters. The first-order valence-corrected chi connectivity index (χ1v) is 7.58. The molecule has 0 aliphatic heterocycles. The summed E-state index contributed by atoms with van der Waals surface area (Å²) in [6.45, 7) is 8.71. The summed E-state index contributed by atoms with van der Waals surface area (Å²) in [6, 6.07) is 0. The third-order valence-corrected chi connectivity index (χ3v) is 2.13. The SMILES string of the molecule is CC(C)(C)OC(=O)COCCOCCOCCOCCCl. The second kappa shape index (κ2) is 13.3. The van der Waals surface area contributed by atoms with E-state index in [1.165, 1.54) is 0 Å². The topological polar surface area (TPSA) is 63.2 Å². The van der Waals surface area contributed by atoms with Gasteiger partial charge in [-0.1, -0.05) is 0 Å². The van der Waals surface area contributed by atoms with E-state index in [4.69, 9.17) is 35.3 Å². The number of ether oxygens (including phenoxy) is 5. The number of hydrogen-bond donors (Lipinski definition) is 0. The van der Waals surface area contributed by atoms with Crippen LogP contribution in [0.1, 0.15) is 20.8 Å². The molecule has 21 heavy (non-hydrogen) atoms. The van der Waals surface area contributed by atoms with E-state index in [9.17, 15) is 4.79 Å². The van der Waals surface area contributed by atoms with Gasteiger partial charge in [0.05, 0.1) is 46.2 Å². The Labute approximate surface area is 132 Å². The molecule has 0 N–H and O–H groups in total.